The van der Waals surface area contributed by atoms with E-state index in [1.54, 1.807) is 13.8 Å². The lowest BCUT2D eigenvalue weighted by atomic mass is 10.0. The molecule has 6 nitrogen and oxygen atoms in total. The summed E-state index contributed by atoms with van der Waals surface area (Å²) in [6, 6.07) is 16.9. The highest BCUT2D eigenvalue weighted by molar-refractivity contribution is 5.95. The molecule has 0 unspecified atom stereocenters. The third-order valence-corrected chi connectivity index (χ3v) is 5.78. The van der Waals surface area contributed by atoms with Crippen LogP contribution in [0.4, 0.5) is 5.69 Å². The summed E-state index contributed by atoms with van der Waals surface area (Å²) >= 11 is 0. The van der Waals surface area contributed by atoms with Crippen LogP contribution < -0.4 is 10.6 Å². The molecular weight excluding hydrogens is 402 g/mol. The lowest BCUT2D eigenvalue weighted by Gasteiger charge is -2.22. The monoisotopic (exact) mass is 437 g/mol. The zero-order valence-electron chi connectivity index (χ0n) is 19.2. The summed E-state index contributed by atoms with van der Waals surface area (Å²) < 4.78 is 5.23. The molecule has 32 heavy (non-hydrogen) atoms. The fourth-order valence-corrected chi connectivity index (χ4v) is 4.04. The zero-order valence-corrected chi connectivity index (χ0v) is 19.2. The van der Waals surface area contributed by atoms with Crippen LogP contribution in [0.25, 0.3) is 0 Å². The number of anilines is 1. The molecule has 0 radical (unpaired) electrons. The fourth-order valence-electron chi connectivity index (χ4n) is 4.04. The molecule has 172 valence electrons. The van der Waals surface area contributed by atoms with Gasteiger partial charge in [-0.05, 0) is 75.9 Å². The molecule has 2 aromatic rings. The van der Waals surface area contributed by atoms with Gasteiger partial charge in [-0.1, -0.05) is 42.5 Å². The van der Waals surface area contributed by atoms with Gasteiger partial charge in [0.25, 0.3) is 0 Å². The number of carbonyl (C=O) groups is 2. The van der Waals surface area contributed by atoms with Crippen molar-refractivity contribution in [3.05, 3.63) is 65.7 Å². The summed E-state index contributed by atoms with van der Waals surface area (Å²) in [5.41, 5.74) is 3.12. The van der Waals surface area contributed by atoms with E-state index in [-0.39, 0.29) is 11.9 Å². The number of benzene rings is 2. The molecule has 0 bridgehead atoms. The summed E-state index contributed by atoms with van der Waals surface area (Å²) in [6.45, 7) is 7.05. The zero-order chi connectivity index (χ0) is 22.8. The molecule has 0 aromatic heterocycles. The lowest BCUT2D eigenvalue weighted by molar-refractivity contribution is -0.146. The standard InChI is InChI=1S/C26H35N3O3/c1-3-32-26(31)24(15-14-21-10-5-4-6-11-21)27-20(2)25(30)28-23-13-9-12-22(18-23)19-29-16-7-8-17-29/h4-6,9-13,18,20,24,27H,3,7-8,14-17,19H2,1-2H3,(H,28,30)/t20-,24-/m0/s1. The van der Waals surface area contributed by atoms with Gasteiger partial charge in [0.1, 0.15) is 6.04 Å². The second kappa shape index (κ2) is 12.4. The summed E-state index contributed by atoms with van der Waals surface area (Å²) in [7, 11) is 0. The van der Waals surface area contributed by atoms with Crippen molar-refractivity contribution in [3.8, 4) is 0 Å². The molecule has 1 fully saturated rings. The third-order valence-electron chi connectivity index (χ3n) is 5.78. The van der Waals surface area contributed by atoms with Crippen molar-refractivity contribution in [3.63, 3.8) is 0 Å². The van der Waals surface area contributed by atoms with Gasteiger partial charge >= 0.3 is 5.97 Å². The lowest BCUT2D eigenvalue weighted by Crippen LogP contribution is -2.48. The molecule has 2 N–H and O–H groups in total. The number of hydrogen-bond acceptors (Lipinski definition) is 5. The van der Waals surface area contributed by atoms with Crippen molar-refractivity contribution in [2.75, 3.05) is 25.0 Å². The average molecular weight is 438 g/mol. The van der Waals surface area contributed by atoms with E-state index in [2.05, 4.69) is 21.6 Å². The first-order chi connectivity index (χ1) is 15.5. The summed E-state index contributed by atoms with van der Waals surface area (Å²) in [4.78, 5) is 27.7. The van der Waals surface area contributed by atoms with Crippen molar-refractivity contribution in [1.29, 1.82) is 0 Å². The number of amides is 1. The maximum atomic E-state index is 12.8. The number of carbonyl (C=O) groups excluding carboxylic acids is 2. The van der Waals surface area contributed by atoms with Crippen LogP contribution in [0.5, 0.6) is 0 Å². The third kappa shape index (κ3) is 7.46. The van der Waals surface area contributed by atoms with Gasteiger partial charge in [-0.25, -0.2) is 0 Å². The van der Waals surface area contributed by atoms with E-state index in [9.17, 15) is 9.59 Å². The number of hydrogen-bond donors (Lipinski definition) is 2. The minimum Gasteiger partial charge on any atom is -0.465 e. The Hall–Kier alpha value is -2.70. The number of likely N-dealkylation sites (tertiary alicyclic amines) is 1. The highest BCUT2D eigenvalue weighted by atomic mass is 16.5. The van der Waals surface area contributed by atoms with Gasteiger partial charge in [0.15, 0.2) is 0 Å². The van der Waals surface area contributed by atoms with E-state index in [0.717, 1.165) is 37.3 Å². The average Bonchev–Trinajstić information content (AvgIpc) is 3.30. The predicted octanol–water partition coefficient (Wildman–Crippen LogP) is 3.76. The maximum absolute atomic E-state index is 12.8. The SMILES string of the molecule is CCOC(=O)[C@H](CCc1ccccc1)N[C@@H](C)C(=O)Nc1cccc(CN2CCCC2)c1. The quantitative estimate of drug-likeness (QED) is 0.524. The van der Waals surface area contributed by atoms with Crippen LogP contribution in [0.15, 0.2) is 54.6 Å². The Kier molecular flexibility index (Phi) is 9.26. The summed E-state index contributed by atoms with van der Waals surface area (Å²) in [6.07, 6.45) is 3.80. The molecule has 1 aliphatic heterocycles. The van der Waals surface area contributed by atoms with E-state index in [4.69, 9.17) is 4.74 Å². The van der Waals surface area contributed by atoms with Gasteiger partial charge < -0.3 is 10.1 Å². The van der Waals surface area contributed by atoms with E-state index in [1.807, 2.05) is 48.5 Å². The second-order valence-electron chi connectivity index (χ2n) is 8.39. The molecule has 3 rings (SSSR count). The van der Waals surface area contributed by atoms with Crippen LogP contribution >= 0.6 is 0 Å². The number of rotatable bonds is 11. The van der Waals surface area contributed by atoms with Crippen molar-refractivity contribution in [1.82, 2.24) is 10.2 Å². The topological polar surface area (TPSA) is 70.7 Å². The molecule has 1 heterocycles. The first-order valence-electron chi connectivity index (χ1n) is 11.6. The van der Waals surface area contributed by atoms with Crippen molar-refractivity contribution < 1.29 is 14.3 Å². The van der Waals surface area contributed by atoms with Gasteiger partial charge in [-0.3, -0.25) is 19.8 Å². The van der Waals surface area contributed by atoms with Crippen LogP contribution in [0.1, 0.15) is 44.2 Å². The number of nitrogens with zero attached hydrogens (tertiary/aromatic N) is 1. The number of esters is 1. The summed E-state index contributed by atoms with van der Waals surface area (Å²) in [5, 5.41) is 6.16. The predicted molar refractivity (Wildman–Crippen MR) is 127 cm³/mol. The first-order valence-corrected chi connectivity index (χ1v) is 11.6. The highest BCUT2D eigenvalue weighted by Gasteiger charge is 2.24. The van der Waals surface area contributed by atoms with Crippen LogP contribution in [-0.4, -0.2) is 48.6 Å². The molecule has 0 aliphatic carbocycles. The molecule has 0 saturated carbocycles. The van der Waals surface area contributed by atoms with Crippen LogP contribution in [0.3, 0.4) is 0 Å². The van der Waals surface area contributed by atoms with Crippen LogP contribution in [0, 0.1) is 0 Å². The Morgan fingerprint density at radius 3 is 2.47 bits per heavy atom. The summed E-state index contributed by atoms with van der Waals surface area (Å²) in [5.74, 6) is -0.493. The Bertz CT molecular complexity index is 866. The van der Waals surface area contributed by atoms with E-state index in [1.165, 1.54) is 18.4 Å². The molecule has 6 heteroatoms. The van der Waals surface area contributed by atoms with Crippen molar-refractivity contribution in [2.24, 2.45) is 0 Å². The molecule has 2 atom stereocenters. The van der Waals surface area contributed by atoms with Crippen LogP contribution in [0.2, 0.25) is 0 Å². The molecule has 1 saturated heterocycles. The maximum Gasteiger partial charge on any atom is 0.323 e. The smallest absolute Gasteiger partial charge is 0.323 e. The van der Waals surface area contributed by atoms with Crippen LogP contribution in [-0.2, 0) is 27.3 Å². The van der Waals surface area contributed by atoms with E-state index < -0.39 is 12.1 Å². The number of nitrogens with one attached hydrogen (secondary N) is 2. The minimum atomic E-state index is -0.544. The molecule has 2 aromatic carbocycles. The minimum absolute atomic E-state index is 0.169. The molecular formula is C26H35N3O3. The Balaban J connectivity index is 1.56. The number of aryl methyl sites for hydroxylation is 1. The first kappa shape index (κ1) is 24.0. The fraction of sp³-hybridized carbons (Fsp3) is 0.462. The second-order valence-corrected chi connectivity index (χ2v) is 8.39. The molecule has 1 aliphatic rings. The van der Waals surface area contributed by atoms with Crippen molar-refractivity contribution in [2.45, 2.75) is 58.2 Å². The molecule has 1 amide bonds. The van der Waals surface area contributed by atoms with Gasteiger partial charge in [0.05, 0.1) is 12.6 Å². The molecule has 0 spiro atoms. The van der Waals surface area contributed by atoms with Gasteiger partial charge in [-0.2, -0.15) is 0 Å². The largest absolute Gasteiger partial charge is 0.465 e. The Labute approximate surface area is 191 Å². The van der Waals surface area contributed by atoms with E-state index in [0.29, 0.717) is 13.0 Å². The van der Waals surface area contributed by atoms with Crippen molar-refractivity contribution >= 4 is 17.6 Å². The van der Waals surface area contributed by atoms with Gasteiger partial charge in [0.2, 0.25) is 5.91 Å². The Morgan fingerprint density at radius 2 is 1.75 bits per heavy atom. The highest BCUT2D eigenvalue weighted by Crippen LogP contribution is 2.16. The van der Waals surface area contributed by atoms with Gasteiger partial charge in [0, 0.05) is 12.2 Å². The number of ether oxygens (including phenoxy) is 1. The van der Waals surface area contributed by atoms with Gasteiger partial charge in [-0.15, -0.1) is 0 Å². The van der Waals surface area contributed by atoms with E-state index >= 15 is 0 Å². The normalized spacial score (nSPS) is 15.8. The Morgan fingerprint density at radius 1 is 1.03 bits per heavy atom.